The molecule has 0 aliphatic heterocycles. The van der Waals surface area contributed by atoms with Gasteiger partial charge in [-0.05, 0) is 32.4 Å². The van der Waals surface area contributed by atoms with Crippen LogP contribution >= 0.6 is 23.2 Å². The van der Waals surface area contributed by atoms with E-state index in [1.54, 1.807) is 0 Å². The summed E-state index contributed by atoms with van der Waals surface area (Å²) in [5, 5.41) is 4.58. The molecule has 0 saturated carbocycles. The molecule has 2 rings (SSSR count). The fourth-order valence-corrected chi connectivity index (χ4v) is 2.52. The van der Waals surface area contributed by atoms with Crippen LogP contribution in [-0.4, -0.2) is 34.0 Å². The Hall–Kier alpha value is -1.61. The molecule has 0 fully saturated rings. The van der Waals surface area contributed by atoms with E-state index >= 15 is 0 Å². The van der Waals surface area contributed by atoms with Crippen LogP contribution in [0, 0.1) is 6.92 Å². The molecule has 0 atom stereocenters. The molecule has 10 heteroatoms. The number of rotatable bonds is 7. The molecule has 2 aromatic rings. The minimum Gasteiger partial charge on any atom is -0.351 e. The van der Waals surface area contributed by atoms with E-state index in [1.165, 1.54) is 14.2 Å². The van der Waals surface area contributed by atoms with E-state index in [-0.39, 0.29) is 16.5 Å². The third-order valence-corrected chi connectivity index (χ3v) is 3.75. The quantitative estimate of drug-likeness (QED) is 0.331. The Labute approximate surface area is 150 Å². The highest BCUT2D eigenvalue weighted by Gasteiger charge is 2.22. The molecule has 0 spiro atoms. The van der Waals surface area contributed by atoms with Crippen molar-refractivity contribution < 1.29 is 9.47 Å². The normalized spacial score (nSPS) is 11.4. The molecule has 0 aliphatic carbocycles. The first-order valence-corrected chi connectivity index (χ1v) is 7.99. The molecule has 2 N–H and O–H groups in total. The lowest BCUT2D eigenvalue weighted by molar-refractivity contribution is -0.105. The Morgan fingerprint density at radius 2 is 1.79 bits per heavy atom. The Morgan fingerprint density at radius 3 is 2.33 bits per heavy atom. The second kappa shape index (κ2) is 7.98. The van der Waals surface area contributed by atoms with Crippen LogP contribution in [0.15, 0.2) is 6.20 Å². The van der Waals surface area contributed by atoms with E-state index in [2.05, 4.69) is 25.9 Å². The SMILES string of the molecule is COC(OC)c1c(Cl)nc(Cl)nc1NNc1cn(C(C)C)nc1C. The molecule has 0 bridgehead atoms. The minimum absolute atomic E-state index is 0.00797. The summed E-state index contributed by atoms with van der Waals surface area (Å²) in [6.07, 6.45) is 1.15. The molecule has 0 aromatic carbocycles. The maximum absolute atomic E-state index is 6.17. The second-order valence-corrected chi connectivity index (χ2v) is 6.00. The van der Waals surface area contributed by atoms with Gasteiger partial charge in [-0.25, -0.2) is 4.98 Å². The summed E-state index contributed by atoms with van der Waals surface area (Å²) in [6, 6.07) is 0.254. The molecule has 24 heavy (non-hydrogen) atoms. The standard InChI is InChI=1S/C14H20Cl2N6O2/c1-7(2)22-6-9(8(3)21-22)19-20-12-10(13(23-4)24-5)11(15)17-14(16)18-12/h6-7,13,19H,1-5H3,(H,17,18,20). The lowest BCUT2D eigenvalue weighted by Gasteiger charge is -2.19. The number of hydrazine groups is 1. The maximum Gasteiger partial charge on any atom is 0.225 e. The second-order valence-electron chi connectivity index (χ2n) is 5.30. The van der Waals surface area contributed by atoms with Gasteiger partial charge in [0.05, 0.1) is 23.1 Å². The van der Waals surface area contributed by atoms with Gasteiger partial charge in [0.1, 0.15) is 5.15 Å². The summed E-state index contributed by atoms with van der Waals surface area (Å²) in [4.78, 5) is 8.07. The number of aryl methyl sites for hydroxylation is 1. The molecule has 0 saturated heterocycles. The van der Waals surface area contributed by atoms with E-state index in [1.807, 2.05) is 31.6 Å². The molecule has 0 aliphatic rings. The van der Waals surface area contributed by atoms with Gasteiger partial charge < -0.3 is 9.47 Å². The monoisotopic (exact) mass is 374 g/mol. The van der Waals surface area contributed by atoms with E-state index in [4.69, 9.17) is 32.7 Å². The Morgan fingerprint density at radius 1 is 1.12 bits per heavy atom. The Bertz CT molecular complexity index is 703. The first kappa shape index (κ1) is 18.7. The molecule has 2 aromatic heterocycles. The molecule has 0 unspecified atom stereocenters. The molecule has 0 radical (unpaired) electrons. The van der Waals surface area contributed by atoms with E-state index in [0.717, 1.165) is 11.4 Å². The van der Waals surface area contributed by atoms with Gasteiger partial charge in [0, 0.05) is 20.3 Å². The largest absolute Gasteiger partial charge is 0.351 e. The van der Waals surface area contributed by atoms with Gasteiger partial charge >= 0.3 is 0 Å². The summed E-state index contributed by atoms with van der Waals surface area (Å²) >= 11 is 12.1. The van der Waals surface area contributed by atoms with Crippen LogP contribution in [0.25, 0.3) is 0 Å². The molecular formula is C14H20Cl2N6O2. The number of anilines is 2. The summed E-state index contributed by atoms with van der Waals surface area (Å²) in [6.45, 7) is 6.00. The van der Waals surface area contributed by atoms with Crippen molar-refractivity contribution in [3.05, 3.63) is 27.9 Å². The van der Waals surface area contributed by atoms with Gasteiger partial charge in [0.25, 0.3) is 0 Å². The van der Waals surface area contributed by atoms with Crippen molar-refractivity contribution in [1.29, 1.82) is 0 Å². The average molecular weight is 375 g/mol. The third kappa shape index (κ3) is 4.07. The topological polar surface area (TPSA) is 86.1 Å². The molecule has 0 amide bonds. The van der Waals surface area contributed by atoms with Crippen LogP contribution < -0.4 is 10.9 Å². The number of hydrogen-bond acceptors (Lipinski definition) is 7. The molecule has 2 heterocycles. The Balaban J connectivity index is 2.29. The van der Waals surface area contributed by atoms with Gasteiger partial charge in [-0.15, -0.1) is 0 Å². The highest BCUT2D eigenvalue weighted by atomic mass is 35.5. The maximum atomic E-state index is 6.17. The number of ether oxygens (including phenoxy) is 2. The molecule has 8 nitrogen and oxygen atoms in total. The minimum atomic E-state index is -0.737. The lowest BCUT2D eigenvalue weighted by atomic mass is 10.3. The van der Waals surface area contributed by atoms with Crippen LogP contribution in [0.5, 0.6) is 0 Å². The smallest absolute Gasteiger partial charge is 0.225 e. The van der Waals surface area contributed by atoms with Crippen molar-refractivity contribution in [2.24, 2.45) is 0 Å². The van der Waals surface area contributed by atoms with Crippen LogP contribution in [0.3, 0.4) is 0 Å². The van der Waals surface area contributed by atoms with E-state index < -0.39 is 6.29 Å². The zero-order chi connectivity index (χ0) is 17.9. The van der Waals surface area contributed by atoms with Crippen LogP contribution in [0.1, 0.15) is 37.4 Å². The number of nitrogens with zero attached hydrogens (tertiary/aromatic N) is 4. The zero-order valence-corrected chi connectivity index (χ0v) is 15.6. The fraction of sp³-hybridized carbons (Fsp3) is 0.500. The van der Waals surface area contributed by atoms with Gasteiger partial charge in [-0.2, -0.15) is 10.1 Å². The predicted molar refractivity (Wildman–Crippen MR) is 93.4 cm³/mol. The predicted octanol–water partition coefficient (Wildman–Crippen LogP) is 3.60. The van der Waals surface area contributed by atoms with Crippen molar-refractivity contribution in [3.63, 3.8) is 0 Å². The summed E-state index contributed by atoms with van der Waals surface area (Å²) in [5.74, 6) is 0.352. The van der Waals surface area contributed by atoms with Crippen LogP contribution in [-0.2, 0) is 9.47 Å². The van der Waals surface area contributed by atoms with Crippen LogP contribution in [0.4, 0.5) is 11.5 Å². The van der Waals surface area contributed by atoms with Gasteiger partial charge in [0.2, 0.25) is 5.28 Å². The van der Waals surface area contributed by atoms with Crippen molar-refractivity contribution in [3.8, 4) is 0 Å². The zero-order valence-electron chi connectivity index (χ0n) is 14.1. The van der Waals surface area contributed by atoms with Gasteiger partial charge in [-0.3, -0.25) is 15.5 Å². The van der Waals surface area contributed by atoms with Gasteiger partial charge in [0.15, 0.2) is 12.1 Å². The number of nitrogens with one attached hydrogen (secondary N) is 2. The number of aromatic nitrogens is 4. The number of methoxy groups -OCH3 is 2. The van der Waals surface area contributed by atoms with E-state index in [9.17, 15) is 0 Å². The fourth-order valence-electron chi connectivity index (χ4n) is 2.05. The van der Waals surface area contributed by atoms with Crippen molar-refractivity contribution in [2.75, 3.05) is 25.1 Å². The average Bonchev–Trinajstić information content (AvgIpc) is 2.89. The van der Waals surface area contributed by atoms with Crippen LogP contribution in [0.2, 0.25) is 10.4 Å². The van der Waals surface area contributed by atoms with Crippen molar-refractivity contribution in [1.82, 2.24) is 19.7 Å². The number of halogens is 2. The lowest BCUT2D eigenvalue weighted by Crippen LogP contribution is -2.16. The summed E-state index contributed by atoms with van der Waals surface area (Å²) < 4.78 is 12.3. The number of hydrogen-bond donors (Lipinski definition) is 2. The van der Waals surface area contributed by atoms with Crippen molar-refractivity contribution >= 4 is 34.7 Å². The van der Waals surface area contributed by atoms with Gasteiger partial charge in [-0.1, -0.05) is 11.6 Å². The summed E-state index contributed by atoms with van der Waals surface area (Å²) in [7, 11) is 2.99. The highest BCUT2D eigenvalue weighted by Crippen LogP contribution is 2.31. The first-order valence-electron chi connectivity index (χ1n) is 7.23. The third-order valence-electron chi connectivity index (χ3n) is 3.30. The molecular weight excluding hydrogens is 355 g/mol. The van der Waals surface area contributed by atoms with E-state index in [0.29, 0.717) is 11.4 Å². The first-order chi connectivity index (χ1) is 11.4. The Kier molecular flexibility index (Phi) is 6.22. The molecule has 132 valence electrons. The summed E-state index contributed by atoms with van der Waals surface area (Å²) in [5.41, 5.74) is 8.09. The highest BCUT2D eigenvalue weighted by molar-refractivity contribution is 6.32. The van der Waals surface area contributed by atoms with Crippen molar-refractivity contribution in [2.45, 2.75) is 33.1 Å².